The summed E-state index contributed by atoms with van der Waals surface area (Å²) in [7, 11) is -2.86. The second-order valence-electron chi connectivity index (χ2n) is 9.68. The van der Waals surface area contributed by atoms with Crippen LogP contribution in [-0.4, -0.2) is 72.2 Å². The normalized spacial score (nSPS) is 16.2. The molecule has 0 bridgehead atoms. The SMILES string of the molecule is Cc1ccc(C)c(S(=O)(=O)N2CCN(c3ccc(C(=O)N(C)C(C)c4ccc(S(C)=O)cc4)cn3)CC2)c1. The Labute approximate surface area is 227 Å². The van der Waals surface area contributed by atoms with Crippen molar-refractivity contribution in [1.82, 2.24) is 14.2 Å². The van der Waals surface area contributed by atoms with Crippen LogP contribution in [0.4, 0.5) is 5.82 Å². The van der Waals surface area contributed by atoms with Gasteiger partial charge in [0, 0.05) is 61.4 Å². The number of carbonyl (C=O) groups is 1. The van der Waals surface area contributed by atoms with Crippen molar-refractivity contribution in [2.24, 2.45) is 0 Å². The lowest BCUT2D eigenvalue weighted by molar-refractivity contribution is 0.0742. The zero-order valence-electron chi connectivity index (χ0n) is 22.4. The number of anilines is 1. The average Bonchev–Trinajstić information content (AvgIpc) is 2.93. The van der Waals surface area contributed by atoms with Crippen molar-refractivity contribution in [2.45, 2.75) is 36.6 Å². The molecule has 8 nitrogen and oxygen atoms in total. The third kappa shape index (κ3) is 5.82. The third-order valence-electron chi connectivity index (χ3n) is 7.11. The van der Waals surface area contributed by atoms with Crippen LogP contribution in [-0.2, 0) is 20.8 Å². The molecule has 202 valence electrons. The summed E-state index contributed by atoms with van der Waals surface area (Å²) in [6.45, 7) is 7.41. The van der Waals surface area contributed by atoms with Gasteiger partial charge in [-0.2, -0.15) is 4.31 Å². The van der Waals surface area contributed by atoms with E-state index < -0.39 is 20.8 Å². The molecule has 1 aromatic heterocycles. The van der Waals surface area contributed by atoms with Gasteiger partial charge in [0.05, 0.1) is 16.5 Å². The fraction of sp³-hybridized carbons (Fsp3) is 0.357. The number of hydrogen-bond acceptors (Lipinski definition) is 6. The highest BCUT2D eigenvalue weighted by atomic mass is 32.2. The number of carbonyl (C=O) groups excluding carboxylic acids is 1. The van der Waals surface area contributed by atoms with Crippen molar-refractivity contribution in [3.63, 3.8) is 0 Å². The third-order valence-corrected chi connectivity index (χ3v) is 10.1. The van der Waals surface area contributed by atoms with Crippen LogP contribution in [0.5, 0.6) is 0 Å². The quantitative estimate of drug-likeness (QED) is 0.442. The Morgan fingerprint density at radius 2 is 1.66 bits per heavy atom. The van der Waals surface area contributed by atoms with Crippen molar-refractivity contribution in [1.29, 1.82) is 0 Å². The van der Waals surface area contributed by atoms with Gasteiger partial charge in [0.1, 0.15) is 5.82 Å². The molecule has 38 heavy (non-hydrogen) atoms. The molecule has 10 heteroatoms. The van der Waals surface area contributed by atoms with Crippen LogP contribution in [0.2, 0.25) is 0 Å². The van der Waals surface area contributed by atoms with Crippen molar-refractivity contribution in [2.75, 3.05) is 44.4 Å². The number of hydrogen-bond donors (Lipinski definition) is 0. The first-order valence-electron chi connectivity index (χ1n) is 12.5. The van der Waals surface area contributed by atoms with Crippen LogP contribution in [0.15, 0.2) is 70.6 Å². The molecule has 1 fully saturated rings. The van der Waals surface area contributed by atoms with Crippen LogP contribution < -0.4 is 4.90 Å². The summed E-state index contributed by atoms with van der Waals surface area (Å²) in [6.07, 6.45) is 3.21. The Hall–Kier alpha value is -3.08. The fourth-order valence-corrected chi connectivity index (χ4v) is 6.77. The second kappa shape index (κ2) is 11.3. The van der Waals surface area contributed by atoms with Gasteiger partial charge in [0.15, 0.2) is 0 Å². The first-order chi connectivity index (χ1) is 18.0. The molecule has 1 saturated heterocycles. The number of aromatic nitrogens is 1. The smallest absolute Gasteiger partial charge is 0.255 e. The largest absolute Gasteiger partial charge is 0.354 e. The molecule has 2 aromatic carbocycles. The molecule has 2 unspecified atom stereocenters. The first-order valence-corrected chi connectivity index (χ1v) is 15.5. The van der Waals surface area contributed by atoms with Crippen molar-refractivity contribution < 1.29 is 17.4 Å². The monoisotopic (exact) mass is 554 g/mol. The molecule has 0 spiro atoms. The fourth-order valence-electron chi connectivity index (χ4n) is 4.52. The molecule has 2 atom stereocenters. The molecule has 1 aliphatic rings. The van der Waals surface area contributed by atoms with Gasteiger partial charge < -0.3 is 9.80 Å². The summed E-state index contributed by atoms with van der Waals surface area (Å²) in [5.41, 5.74) is 3.09. The number of benzene rings is 2. The summed E-state index contributed by atoms with van der Waals surface area (Å²) in [5.74, 6) is 0.563. The van der Waals surface area contributed by atoms with E-state index in [2.05, 4.69) is 4.98 Å². The second-order valence-corrected chi connectivity index (χ2v) is 13.0. The minimum Gasteiger partial charge on any atom is -0.354 e. The number of piperazine rings is 1. The molecule has 3 aromatic rings. The summed E-state index contributed by atoms with van der Waals surface area (Å²) in [6, 6.07) is 16.3. The molecule has 0 saturated carbocycles. The lowest BCUT2D eigenvalue weighted by atomic mass is 10.1. The molecular formula is C28H34N4O4S2. The van der Waals surface area contributed by atoms with Gasteiger partial charge in [0.25, 0.3) is 5.91 Å². The van der Waals surface area contributed by atoms with E-state index in [4.69, 9.17) is 0 Å². The topological polar surface area (TPSA) is 90.9 Å². The van der Waals surface area contributed by atoms with Crippen LogP contribution in [0, 0.1) is 13.8 Å². The Morgan fingerprint density at radius 1 is 1.00 bits per heavy atom. The molecular weight excluding hydrogens is 520 g/mol. The van der Waals surface area contributed by atoms with Gasteiger partial charge in [-0.15, -0.1) is 0 Å². The number of sulfonamides is 1. The molecule has 0 radical (unpaired) electrons. The highest BCUT2D eigenvalue weighted by Gasteiger charge is 2.30. The van der Waals surface area contributed by atoms with Gasteiger partial charge in [0.2, 0.25) is 10.0 Å². The van der Waals surface area contributed by atoms with E-state index in [0.717, 1.165) is 21.6 Å². The van der Waals surface area contributed by atoms with E-state index in [0.29, 0.717) is 42.5 Å². The zero-order chi connectivity index (χ0) is 27.6. The predicted octanol–water partition coefficient (Wildman–Crippen LogP) is 3.78. The van der Waals surface area contributed by atoms with Crippen molar-refractivity contribution >= 4 is 32.5 Å². The minimum atomic E-state index is -3.57. The molecule has 4 rings (SSSR count). The summed E-state index contributed by atoms with van der Waals surface area (Å²) in [4.78, 5) is 22.4. The van der Waals surface area contributed by atoms with Crippen LogP contribution in [0.1, 0.15) is 40.0 Å². The molecule has 2 heterocycles. The summed E-state index contributed by atoms with van der Waals surface area (Å²) < 4.78 is 39.6. The van der Waals surface area contributed by atoms with E-state index in [-0.39, 0.29) is 11.9 Å². The maximum Gasteiger partial charge on any atom is 0.255 e. The molecule has 0 aliphatic carbocycles. The van der Waals surface area contributed by atoms with Gasteiger partial charge in [-0.05, 0) is 67.8 Å². The van der Waals surface area contributed by atoms with Crippen LogP contribution >= 0.6 is 0 Å². The van der Waals surface area contributed by atoms with E-state index in [1.165, 1.54) is 4.31 Å². The summed E-state index contributed by atoms with van der Waals surface area (Å²) in [5, 5.41) is 0. The number of amides is 1. The first kappa shape index (κ1) is 27.9. The van der Waals surface area contributed by atoms with E-state index in [9.17, 15) is 17.4 Å². The van der Waals surface area contributed by atoms with Crippen molar-refractivity contribution in [3.05, 3.63) is 83.0 Å². The van der Waals surface area contributed by atoms with Gasteiger partial charge in [-0.1, -0.05) is 24.3 Å². The maximum absolute atomic E-state index is 13.2. The summed E-state index contributed by atoms with van der Waals surface area (Å²) >= 11 is 0. The highest BCUT2D eigenvalue weighted by molar-refractivity contribution is 7.89. The zero-order valence-corrected chi connectivity index (χ0v) is 24.1. The Bertz CT molecular complexity index is 1430. The maximum atomic E-state index is 13.2. The van der Waals surface area contributed by atoms with Crippen molar-refractivity contribution in [3.8, 4) is 0 Å². The predicted molar refractivity (Wildman–Crippen MR) is 150 cm³/mol. The Morgan fingerprint density at radius 3 is 2.24 bits per heavy atom. The molecule has 1 amide bonds. The van der Waals surface area contributed by atoms with E-state index in [1.54, 1.807) is 36.5 Å². The number of nitrogens with zero attached hydrogens (tertiary/aromatic N) is 4. The number of pyridine rings is 1. The number of rotatable bonds is 7. The molecule has 1 aliphatic heterocycles. The standard InChI is InChI=1S/C28H34N4O4S2/c1-20-6-7-21(2)26(18-20)38(35,36)32-16-14-31(15-17-32)27-13-10-24(19-29-27)28(33)30(4)22(3)23-8-11-25(12-9-23)37(5)34/h6-13,18-19,22H,14-17H2,1-5H3. The lowest BCUT2D eigenvalue weighted by Crippen LogP contribution is -2.49. The minimum absolute atomic E-state index is 0.149. The lowest BCUT2D eigenvalue weighted by Gasteiger charge is -2.35. The van der Waals surface area contributed by atoms with Crippen LogP contribution in [0.3, 0.4) is 0 Å². The average molecular weight is 555 g/mol. The van der Waals surface area contributed by atoms with Gasteiger partial charge in [-0.3, -0.25) is 9.00 Å². The van der Waals surface area contributed by atoms with Gasteiger partial charge >= 0.3 is 0 Å². The Kier molecular flexibility index (Phi) is 8.34. The van der Waals surface area contributed by atoms with E-state index in [1.807, 2.05) is 68.1 Å². The number of aryl methyl sites for hydroxylation is 2. The Balaban J connectivity index is 1.39. The van der Waals surface area contributed by atoms with Gasteiger partial charge in [-0.25, -0.2) is 13.4 Å². The molecule has 0 N–H and O–H groups in total. The highest BCUT2D eigenvalue weighted by Crippen LogP contribution is 2.25. The van der Waals surface area contributed by atoms with Crippen LogP contribution in [0.25, 0.3) is 0 Å². The van der Waals surface area contributed by atoms with E-state index >= 15 is 0 Å².